The Hall–Kier alpha value is -2.51. The molecule has 1 aliphatic heterocycles. The van der Waals surface area contributed by atoms with Crippen LogP contribution in [-0.2, 0) is 13.0 Å². The molecule has 0 atom stereocenters. The first-order valence-electron chi connectivity index (χ1n) is 9.74. The molecular formula is C20H27N7. The summed E-state index contributed by atoms with van der Waals surface area (Å²) in [7, 11) is 0. The topological polar surface area (TPSA) is 61.6 Å². The van der Waals surface area contributed by atoms with E-state index in [4.69, 9.17) is 0 Å². The van der Waals surface area contributed by atoms with Crippen molar-refractivity contribution in [3.8, 4) is 0 Å². The van der Waals surface area contributed by atoms with Crippen LogP contribution in [-0.4, -0.2) is 68.7 Å². The molecule has 2 aromatic heterocycles. The van der Waals surface area contributed by atoms with Gasteiger partial charge in [0.1, 0.15) is 12.1 Å². The maximum Gasteiger partial charge on any atom is 0.254 e. The third kappa shape index (κ3) is 4.43. The van der Waals surface area contributed by atoms with Crippen molar-refractivity contribution in [2.24, 2.45) is 0 Å². The lowest BCUT2D eigenvalue weighted by Gasteiger charge is -2.34. The maximum absolute atomic E-state index is 4.49. The molecule has 0 aliphatic carbocycles. The summed E-state index contributed by atoms with van der Waals surface area (Å²) in [5.74, 6) is 1.63. The van der Waals surface area contributed by atoms with Crippen molar-refractivity contribution in [2.45, 2.75) is 19.9 Å². The van der Waals surface area contributed by atoms with Crippen LogP contribution in [0.5, 0.6) is 0 Å². The number of aryl methyl sites for hydroxylation is 1. The van der Waals surface area contributed by atoms with Crippen LogP contribution in [0.2, 0.25) is 0 Å². The molecule has 7 nitrogen and oxygen atoms in total. The summed E-state index contributed by atoms with van der Waals surface area (Å²) in [5, 5.41) is 7.78. The molecule has 1 fully saturated rings. The average molecular weight is 365 g/mol. The van der Waals surface area contributed by atoms with Crippen molar-refractivity contribution < 1.29 is 0 Å². The van der Waals surface area contributed by atoms with E-state index in [1.807, 2.05) is 0 Å². The Kier molecular flexibility index (Phi) is 5.60. The van der Waals surface area contributed by atoms with Crippen molar-refractivity contribution in [2.75, 3.05) is 44.6 Å². The van der Waals surface area contributed by atoms with Gasteiger partial charge >= 0.3 is 0 Å². The van der Waals surface area contributed by atoms with E-state index in [-0.39, 0.29) is 0 Å². The van der Waals surface area contributed by atoms with Gasteiger partial charge < -0.3 is 5.32 Å². The Balaban J connectivity index is 1.25. The number of nitrogens with one attached hydrogen (secondary N) is 1. The predicted molar refractivity (Wildman–Crippen MR) is 107 cm³/mol. The van der Waals surface area contributed by atoms with Gasteiger partial charge in [-0.2, -0.15) is 14.6 Å². The first-order chi connectivity index (χ1) is 13.3. The highest BCUT2D eigenvalue weighted by molar-refractivity contribution is 5.44. The van der Waals surface area contributed by atoms with Gasteiger partial charge in [-0.1, -0.05) is 37.3 Å². The smallest absolute Gasteiger partial charge is 0.254 e. The minimum Gasteiger partial charge on any atom is -0.369 e. The first-order valence-corrected chi connectivity index (χ1v) is 9.74. The number of piperazine rings is 1. The highest BCUT2D eigenvalue weighted by Crippen LogP contribution is 2.12. The molecule has 0 radical (unpaired) electrons. The second-order valence-corrected chi connectivity index (χ2v) is 6.99. The fourth-order valence-electron chi connectivity index (χ4n) is 3.52. The van der Waals surface area contributed by atoms with E-state index < -0.39 is 0 Å². The standard InChI is InChI=1S/C20H27N7/c1-2-18-14-19(27-20(24-18)22-16-23-27)21-8-9-25-10-12-26(13-11-25)15-17-6-4-3-5-7-17/h3-7,14,16,21H,2,8-13,15H2,1H3. The van der Waals surface area contributed by atoms with Gasteiger partial charge in [0.15, 0.2) is 0 Å². The summed E-state index contributed by atoms with van der Waals surface area (Å²) in [5.41, 5.74) is 2.43. The number of rotatable bonds is 7. The van der Waals surface area contributed by atoms with E-state index in [2.05, 4.69) is 73.5 Å². The Labute approximate surface area is 160 Å². The number of aromatic nitrogens is 4. The van der Waals surface area contributed by atoms with Crippen LogP contribution in [0.15, 0.2) is 42.7 Å². The summed E-state index contributed by atoms with van der Waals surface area (Å²) >= 11 is 0. The van der Waals surface area contributed by atoms with Gasteiger partial charge in [0, 0.05) is 57.6 Å². The molecule has 1 N–H and O–H groups in total. The second-order valence-electron chi connectivity index (χ2n) is 6.99. The van der Waals surface area contributed by atoms with Gasteiger partial charge in [0.2, 0.25) is 0 Å². The Morgan fingerprint density at radius 2 is 1.81 bits per heavy atom. The van der Waals surface area contributed by atoms with Crippen molar-refractivity contribution in [1.29, 1.82) is 0 Å². The highest BCUT2D eigenvalue weighted by atomic mass is 15.4. The van der Waals surface area contributed by atoms with Crippen molar-refractivity contribution >= 4 is 11.6 Å². The van der Waals surface area contributed by atoms with E-state index in [1.54, 1.807) is 10.8 Å². The van der Waals surface area contributed by atoms with Crippen LogP contribution >= 0.6 is 0 Å². The zero-order valence-electron chi connectivity index (χ0n) is 15.9. The monoisotopic (exact) mass is 365 g/mol. The first kappa shape index (κ1) is 17.9. The minimum atomic E-state index is 0.659. The fraction of sp³-hybridized carbons (Fsp3) is 0.450. The molecule has 0 unspecified atom stereocenters. The molecule has 4 rings (SSSR count). The molecule has 3 heterocycles. The van der Waals surface area contributed by atoms with E-state index in [9.17, 15) is 0 Å². The molecule has 1 aromatic carbocycles. The number of fused-ring (bicyclic) bond motifs is 1. The molecule has 3 aromatic rings. The van der Waals surface area contributed by atoms with E-state index in [0.29, 0.717) is 5.78 Å². The largest absolute Gasteiger partial charge is 0.369 e. The normalized spacial score (nSPS) is 16.0. The van der Waals surface area contributed by atoms with Gasteiger partial charge in [0.25, 0.3) is 5.78 Å². The second kappa shape index (κ2) is 8.45. The summed E-state index contributed by atoms with van der Waals surface area (Å²) < 4.78 is 1.77. The molecule has 0 saturated carbocycles. The van der Waals surface area contributed by atoms with Gasteiger partial charge in [-0.15, -0.1) is 0 Å². The maximum atomic E-state index is 4.49. The summed E-state index contributed by atoms with van der Waals surface area (Å²) in [6.45, 7) is 9.55. The number of anilines is 1. The third-order valence-corrected chi connectivity index (χ3v) is 5.12. The Morgan fingerprint density at radius 3 is 2.59 bits per heavy atom. The lowest BCUT2D eigenvalue weighted by Crippen LogP contribution is -2.47. The third-order valence-electron chi connectivity index (χ3n) is 5.12. The van der Waals surface area contributed by atoms with Crippen LogP contribution in [0.25, 0.3) is 5.78 Å². The molecular weight excluding hydrogens is 338 g/mol. The average Bonchev–Trinajstić information content (AvgIpc) is 3.19. The van der Waals surface area contributed by atoms with Gasteiger partial charge in [-0.3, -0.25) is 9.80 Å². The molecule has 1 aliphatic rings. The number of hydrogen-bond donors (Lipinski definition) is 1. The van der Waals surface area contributed by atoms with Crippen LogP contribution in [0.4, 0.5) is 5.82 Å². The number of hydrogen-bond acceptors (Lipinski definition) is 6. The van der Waals surface area contributed by atoms with Crippen molar-refractivity contribution in [1.82, 2.24) is 29.4 Å². The molecule has 0 bridgehead atoms. The zero-order chi connectivity index (χ0) is 18.5. The van der Waals surface area contributed by atoms with E-state index >= 15 is 0 Å². The number of benzene rings is 1. The van der Waals surface area contributed by atoms with Crippen LogP contribution in [0.3, 0.4) is 0 Å². The molecule has 7 heteroatoms. The zero-order valence-corrected chi connectivity index (χ0v) is 15.9. The van der Waals surface area contributed by atoms with Crippen LogP contribution in [0, 0.1) is 0 Å². The molecule has 0 amide bonds. The van der Waals surface area contributed by atoms with Crippen molar-refractivity contribution in [3.05, 3.63) is 54.0 Å². The molecule has 142 valence electrons. The lowest BCUT2D eigenvalue weighted by atomic mass is 10.2. The SMILES string of the molecule is CCc1cc(NCCN2CCN(Cc3ccccc3)CC2)n2ncnc2n1. The number of nitrogens with zero attached hydrogens (tertiary/aromatic N) is 6. The predicted octanol–water partition coefficient (Wildman–Crippen LogP) is 1.92. The lowest BCUT2D eigenvalue weighted by molar-refractivity contribution is 0.130. The molecule has 0 spiro atoms. The summed E-state index contributed by atoms with van der Waals surface area (Å²) in [6, 6.07) is 12.8. The summed E-state index contributed by atoms with van der Waals surface area (Å²) in [6.07, 6.45) is 2.44. The van der Waals surface area contributed by atoms with Gasteiger partial charge in [0.05, 0.1) is 0 Å². The van der Waals surface area contributed by atoms with Gasteiger partial charge in [-0.05, 0) is 12.0 Å². The molecule has 27 heavy (non-hydrogen) atoms. The van der Waals surface area contributed by atoms with Crippen LogP contribution < -0.4 is 5.32 Å². The van der Waals surface area contributed by atoms with E-state index in [0.717, 1.165) is 63.7 Å². The minimum absolute atomic E-state index is 0.659. The molecule has 1 saturated heterocycles. The van der Waals surface area contributed by atoms with Crippen LogP contribution in [0.1, 0.15) is 18.2 Å². The van der Waals surface area contributed by atoms with Gasteiger partial charge in [-0.25, -0.2) is 4.98 Å². The fourth-order valence-corrected chi connectivity index (χ4v) is 3.52. The van der Waals surface area contributed by atoms with E-state index in [1.165, 1.54) is 5.56 Å². The Morgan fingerprint density at radius 1 is 1.04 bits per heavy atom. The quantitative estimate of drug-likeness (QED) is 0.690. The Bertz CT molecular complexity index is 853. The summed E-state index contributed by atoms with van der Waals surface area (Å²) in [4.78, 5) is 13.8. The van der Waals surface area contributed by atoms with Crippen molar-refractivity contribution in [3.63, 3.8) is 0 Å². The highest BCUT2D eigenvalue weighted by Gasteiger charge is 2.16.